The molecule has 1 saturated heterocycles. The van der Waals surface area contributed by atoms with Crippen molar-refractivity contribution in [2.45, 2.75) is 84.0 Å². The lowest BCUT2D eigenvalue weighted by Crippen LogP contribution is -2.47. The summed E-state index contributed by atoms with van der Waals surface area (Å²) in [6, 6.07) is 14.2. The third-order valence-corrected chi connectivity index (χ3v) is 8.88. The van der Waals surface area contributed by atoms with Crippen LogP contribution in [0.1, 0.15) is 89.5 Å². The van der Waals surface area contributed by atoms with E-state index in [2.05, 4.69) is 72.3 Å². The van der Waals surface area contributed by atoms with Gasteiger partial charge in [0.2, 0.25) is 0 Å². The van der Waals surface area contributed by atoms with Gasteiger partial charge in [0.15, 0.2) is 0 Å². The quantitative estimate of drug-likeness (QED) is 0.111. The zero-order valence-corrected chi connectivity index (χ0v) is 28.4. The summed E-state index contributed by atoms with van der Waals surface area (Å²) >= 11 is 12.4. The van der Waals surface area contributed by atoms with Crippen molar-refractivity contribution in [3.05, 3.63) is 77.4 Å². The number of hydrogen-bond donors (Lipinski definition) is 0. The lowest BCUT2D eigenvalue weighted by Gasteiger charge is -2.35. The molecule has 0 N–H and O–H groups in total. The van der Waals surface area contributed by atoms with Crippen LogP contribution in [0.3, 0.4) is 0 Å². The highest BCUT2D eigenvalue weighted by Gasteiger charge is 2.30. The van der Waals surface area contributed by atoms with Crippen LogP contribution >= 0.6 is 23.8 Å². The van der Waals surface area contributed by atoms with Gasteiger partial charge in [-0.3, -0.25) is 4.90 Å². The number of piperazine rings is 1. The number of likely N-dealkylation sites (N-methyl/N-ethyl adjacent to an activating group) is 1. The molecule has 5 nitrogen and oxygen atoms in total. The number of thiocarbonyl (C=S) groups is 1. The zero-order valence-electron chi connectivity index (χ0n) is 26.9. The first-order valence-corrected chi connectivity index (χ1v) is 17.5. The second kappa shape index (κ2) is 19.0. The first kappa shape index (κ1) is 34.2. The minimum atomic E-state index is 0.457. The van der Waals surface area contributed by atoms with Gasteiger partial charge in [0, 0.05) is 36.8 Å². The van der Waals surface area contributed by atoms with Crippen LogP contribution in [0.15, 0.2) is 71.8 Å². The Kier molecular flexibility index (Phi) is 14.8. The SMILES string of the molecule is CCCCCC=CCC=CCCCCCCCCOC(=S)N1c2ccc(Cl)cc2N=C(N2CCN(C)CC2)c2ccccc21. The minimum Gasteiger partial charge on any atom is -0.470 e. The Bertz CT molecular complexity index is 1270. The molecule has 2 aliphatic heterocycles. The van der Waals surface area contributed by atoms with Crippen LogP contribution in [-0.4, -0.2) is 60.6 Å². The molecule has 238 valence electrons. The number of amidine groups is 1. The summed E-state index contributed by atoms with van der Waals surface area (Å²) in [5.74, 6) is 0.965. The van der Waals surface area contributed by atoms with Gasteiger partial charge in [-0.05, 0) is 88.1 Å². The largest absolute Gasteiger partial charge is 0.470 e. The molecule has 2 aromatic carbocycles. The standard InChI is InChI=1S/C37H51ClN4OS/c1-3-4-5-6-7-8-9-10-11-12-13-14-15-16-17-20-29-43-37(44)42-34-22-19-18-21-32(34)36(41-27-25-40(2)26-28-41)39-33-30-31(38)23-24-35(33)42/h7-8,10-11,18-19,21-24,30H,3-6,9,12-17,20,25-29H2,1-2H3. The molecular weight excluding hydrogens is 584 g/mol. The summed E-state index contributed by atoms with van der Waals surface area (Å²) in [7, 11) is 2.17. The number of allylic oxidation sites excluding steroid dienone is 4. The fourth-order valence-corrected chi connectivity index (χ4v) is 6.15. The van der Waals surface area contributed by atoms with Crippen molar-refractivity contribution in [2.75, 3.05) is 44.7 Å². The third kappa shape index (κ3) is 10.5. The van der Waals surface area contributed by atoms with Crippen LogP contribution in [0, 0.1) is 0 Å². The van der Waals surface area contributed by atoms with E-state index < -0.39 is 0 Å². The second-order valence-corrected chi connectivity index (χ2v) is 12.7. The van der Waals surface area contributed by atoms with Gasteiger partial charge in [0.1, 0.15) is 5.84 Å². The fourth-order valence-electron chi connectivity index (χ4n) is 5.71. The maximum atomic E-state index is 6.46. The first-order valence-electron chi connectivity index (χ1n) is 16.8. The van der Waals surface area contributed by atoms with Crippen LogP contribution in [-0.2, 0) is 4.74 Å². The number of anilines is 2. The highest BCUT2D eigenvalue weighted by Crippen LogP contribution is 2.42. The number of rotatable bonds is 15. The summed E-state index contributed by atoms with van der Waals surface area (Å²) < 4.78 is 6.23. The van der Waals surface area contributed by atoms with Gasteiger partial charge in [-0.2, -0.15) is 0 Å². The topological polar surface area (TPSA) is 31.3 Å². The van der Waals surface area contributed by atoms with Gasteiger partial charge in [-0.15, -0.1) is 0 Å². The minimum absolute atomic E-state index is 0.457. The number of nitrogens with zero attached hydrogens (tertiary/aromatic N) is 4. The summed E-state index contributed by atoms with van der Waals surface area (Å²) in [5, 5.41) is 1.11. The summed E-state index contributed by atoms with van der Waals surface area (Å²) in [6.45, 7) is 6.72. The molecule has 0 aromatic heterocycles. The molecule has 0 bridgehead atoms. The van der Waals surface area contributed by atoms with E-state index in [9.17, 15) is 0 Å². The van der Waals surface area contributed by atoms with E-state index >= 15 is 0 Å². The maximum Gasteiger partial charge on any atom is 0.268 e. The van der Waals surface area contributed by atoms with Gasteiger partial charge < -0.3 is 14.5 Å². The molecule has 2 heterocycles. The zero-order chi connectivity index (χ0) is 31.0. The number of para-hydroxylation sites is 1. The summed E-state index contributed by atoms with van der Waals surface area (Å²) in [5.41, 5.74) is 3.76. The first-order chi connectivity index (χ1) is 21.6. The van der Waals surface area contributed by atoms with E-state index in [-0.39, 0.29) is 0 Å². The number of benzene rings is 2. The molecule has 4 rings (SSSR count). The van der Waals surface area contributed by atoms with Crippen molar-refractivity contribution in [1.29, 1.82) is 0 Å². The molecular formula is C37H51ClN4OS. The molecule has 0 atom stereocenters. The van der Waals surface area contributed by atoms with Gasteiger partial charge in [-0.25, -0.2) is 4.99 Å². The van der Waals surface area contributed by atoms with Crippen molar-refractivity contribution >= 4 is 51.9 Å². The van der Waals surface area contributed by atoms with E-state index in [1.54, 1.807) is 0 Å². The Morgan fingerprint density at radius 1 is 0.841 bits per heavy atom. The average Bonchev–Trinajstić information content (AvgIpc) is 3.17. The fraction of sp³-hybridized carbons (Fsp3) is 0.514. The van der Waals surface area contributed by atoms with Crippen LogP contribution in [0.4, 0.5) is 17.1 Å². The lowest BCUT2D eigenvalue weighted by atomic mass is 10.1. The number of aliphatic imine (C=N–C) groups is 1. The molecule has 0 amide bonds. The molecule has 0 aliphatic carbocycles. The Hall–Kier alpha value is -2.67. The van der Waals surface area contributed by atoms with E-state index in [0.29, 0.717) is 16.8 Å². The predicted molar refractivity (Wildman–Crippen MR) is 193 cm³/mol. The van der Waals surface area contributed by atoms with Crippen molar-refractivity contribution < 1.29 is 4.74 Å². The van der Waals surface area contributed by atoms with Gasteiger partial charge >= 0.3 is 0 Å². The normalized spacial score (nSPS) is 15.4. The third-order valence-electron chi connectivity index (χ3n) is 8.35. The van der Waals surface area contributed by atoms with E-state index in [4.69, 9.17) is 33.5 Å². The lowest BCUT2D eigenvalue weighted by molar-refractivity contribution is 0.216. The highest BCUT2D eigenvalue weighted by molar-refractivity contribution is 7.80. The molecule has 0 radical (unpaired) electrons. The molecule has 0 saturated carbocycles. The second-order valence-electron chi connectivity index (χ2n) is 11.9. The van der Waals surface area contributed by atoms with Crippen LogP contribution < -0.4 is 4.90 Å². The summed E-state index contributed by atoms with van der Waals surface area (Å²) in [6.07, 6.45) is 23.9. The predicted octanol–water partition coefficient (Wildman–Crippen LogP) is 10.2. The Morgan fingerprint density at radius 3 is 2.27 bits per heavy atom. The Labute approximate surface area is 276 Å². The number of ether oxygens (including phenoxy) is 1. The molecule has 0 unspecified atom stereocenters. The Balaban J connectivity index is 1.24. The van der Waals surface area contributed by atoms with Crippen molar-refractivity contribution in [3.63, 3.8) is 0 Å². The van der Waals surface area contributed by atoms with Crippen LogP contribution in [0.5, 0.6) is 0 Å². The smallest absolute Gasteiger partial charge is 0.268 e. The van der Waals surface area contributed by atoms with Crippen LogP contribution in [0.25, 0.3) is 0 Å². The highest BCUT2D eigenvalue weighted by atomic mass is 35.5. The van der Waals surface area contributed by atoms with Gasteiger partial charge in [0.25, 0.3) is 5.17 Å². The molecule has 2 aliphatic rings. The Morgan fingerprint density at radius 2 is 1.52 bits per heavy atom. The molecule has 1 fully saturated rings. The molecule has 2 aromatic rings. The monoisotopic (exact) mass is 634 g/mol. The van der Waals surface area contributed by atoms with Crippen molar-refractivity contribution in [1.82, 2.24) is 9.80 Å². The van der Waals surface area contributed by atoms with E-state index in [1.807, 2.05) is 23.1 Å². The molecule has 0 spiro atoms. The number of fused-ring (bicyclic) bond motifs is 2. The van der Waals surface area contributed by atoms with Crippen LogP contribution in [0.2, 0.25) is 5.02 Å². The van der Waals surface area contributed by atoms with Gasteiger partial charge in [0.05, 0.1) is 23.7 Å². The van der Waals surface area contributed by atoms with E-state index in [1.165, 1.54) is 57.8 Å². The molecule has 44 heavy (non-hydrogen) atoms. The summed E-state index contributed by atoms with van der Waals surface area (Å²) in [4.78, 5) is 12.0. The van der Waals surface area contributed by atoms with Gasteiger partial charge in [-0.1, -0.05) is 93.5 Å². The van der Waals surface area contributed by atoms with E-state index in [0.717, 1.165) is 73.9 Å². The number of hydrogen-bond acceptors (Lipinski definition) is 5. The van der Waals surface area contributed by atoms with Crippen molar-refractivity contribution in [3.8, 4) is 0 Å². The maximum absolute atomic E-state index is 6.46. The average molecular weight is 635 g/mol. The number of unbranched alkanes of at least 4 members (excludes halogenated alkanes) is 9. The number of halogens is 1. The van der Waals surface area contributed by atoms with Crippen molar-refractivity contribution in [2.24, 2.45) is 4.99 Å². The molecule has 7 heteroatoms.